The minimum Gasteiger partial charge on any atom is -0.495 e. The fourth-order valence-corrected chi connectivity index (χ4v) is 2.53. The van der Waals surface area contributed by atoms with Crippen LogP contribution in [-0.2, 0) is 0 Å². The maximum atomic E-state index is 6.12. The van der Waals surface area contributed by atoms with Gasteiger partial charge >= 0.3 is 0 Å². The first-order valence-corrected chi connectivity index (χ1v) is 7.52. The molecule has 0 bridgehead atoms. The van der Waals surface area contributed by atoms with E-state index in [0.717, 1.165) is 18.5 Å². The maximum absolute atomic E-state index is 6.12. The van der Waals surface area contributed by atoms with Crippen molar-refractivity contribution in [2.45, 2.75) is 26.3 Å². The molecule has 0 amide bonds. The van der Waals surface area contributed by atoms with Crippen LogP contribution in [0.4, 0.5) is 0 Å². The van der Waals surface area contributed by atoms with Crippen molar-refractivity contribution >= 4 is 11.6 Å². The zero-order valence-corrected chi connectivity index (χ0v) is 13.4. The molecule has 1 atom stereocenters. The van der Waals surface area contributed by atoms with Gasteiger partial charge in [-0.15, -0.1) is 0 Å². The molecule has 21 heavy (non-hydrogen) atoms. The highest BCUT2D eigenvalue weighted by Gasteiger charge is 2.17. The Labute approximate surface area is 131 Å². The van der Waals surface area contributed by atoms with Crippen LogP contribution in [0.1, 0.15) is 36.1 Å². The minimum atomic E-state index is 0.0878. The van der Waals surface area contributed by atoms with Gasteiger partial charge < -0.3 is 10.1 Å². The summed E-state index contributed by atoms with van der Waals surface area (Å²) < 4.78 is 5.33. The molecule has 0 saturated carbocycles. The number of hydrogen-bond acceptors (Lipinski definition) is 3. The second kappa shape index (κ2) is 7.43. The number of hydrogen-bond donors (Lipinski definition) is 1. The van der Waals surface area contributed by atoms with Gasteiger partial charge in [-0.1, -0.05) is 24.6 Å². The van der Waals surface area contributed by atoms with Gasteiger partial charge in [-0.3, -0.25) is 4.98 Å². The molecule has 1 N–H and O–H groups in total. The first-order chi connectivity index (χ1) is 10.2. The van der Waals surface area contributed by atoms with Crippen molar-refractivity contribution in [3.63, 3.8) is 0 Å². The average molecular weight is 305 g/mol. The van der Waals surface area contributed by atoms with Crippen LogP contribution < -0.4 is 10.1 Å². The van der Waals surface area contributed by atoms with Gasteiger partial charge in [-0.2, -0.15) is 0 Å². The zero-order chi connectivity index (χ0) is 15.2. The third-order valence-corrected chi connectivity index (χ3v) is 3.81. The number of aryl methyl sites for hydroxylation is 1. The van der Waals surface area contributed by atoms with Gasteiger partial charge in [0.2, 0.25) is 0 Å². The molecule has 2 rings (SSSR count). The molecule has 112 valence electrons. The lowest BCUT2D eigenvalue weighted by Crippen LogP contribution is -2.24. The van der Waals surface area contributed by atoms with Crippen molar-refractivity contribution in [3.05, 3.63) is 58.4 Å². The molecular formula is C17H21ClN2O. The quantitative estimate of drug-likeness (QED) is 0.871. The molecule has 4 heteroatoms. The molecular weight excluding hydrogens is 284 g/mol. The van der Waals surface area contributed by atoms with Crippen molar-refractivity contribution in [1.82, 2.24) is 10.3 Å². The molecule has 1 unspecified atom stereocenters. The summed E-state index contributed by atoms with van der Waals surface area (Å²) in [6.45, 7) is 5.19. The summed E-state index contributed by atoms with van der Waals surface area (Å²) in [6.07, 6.45) is 4.81. The summed E-state index contributed by atoms with van der Waals surface area (Å²) in [5, 5.41) is 4.20. The summed E-state index contributed by atoms with van der Waals surface area (Å²) in [7, 11) is 1.63. The van der Waals surface area contributed by atoms with E-state index in [1.165, 1.54) is 11.1 Å². The Balaban J connectivity index is 2.43. The van der Waals surface area contributed by atoms with E-state index in [1.54, 1.807) is 7.11 Å². The average Bonchev–Trinajstić information content (AvgIpc) is 2.50. The number of methoxy groups -OCH3 is 1. The molecule has 0 aliphatic rings. The van der Waals surface area contributed by atoms with Crippen molar-refractivity contribution in [2.24, 2.45) is 0 Å². The highest BCUT2D eigenvalue weighted by Crippen LogP contribution is 2.31. The van der Waals surface area contributed by atoms with Crippen LogP contribution in [-0.4, -0.2) is 18.6 Å². The van der Waals surface area contributed by atoms with E-state index < -0.39 is 0 Å². The van der Waals surface area contributed by atoms with Gasteiger partial charge in [-0.05, 0) is 54.8 Å². The minimum absolute atomic E-state index is 0.0878. The normalized spacial score (nSPS) is 12.2. The maximum Gasteiger partial charge on any atom is 0.137 e. The summed E-state index contributed by atoms with van der Waals surface area (Å²) in [4.78, 5) is 4.26. The molecule has 0 fully saturated rings. The van der Waals surface area contributed by atoms with Crippen LogP contribution in [0.25, 0.3) is 0 Å². The SMILES string of the molecule is CCCNC(c1ccc(Cl)c(OC)c1)c1cnccc1C. The van der Waals surface area contributed by atoms with Crippen LogP contribution in [0.5, 0.6) is 5.75 Å². The predicted octanol–water partition coefficient (Wildman–Crippen LogP) is 4.14. The second-order valence-corrected chi connectivity index (χ2v) is 5.42. The molecule has 1 aromatic carbocycles. The van der Waals surface area contributed by atoms with Crippen LogP contribution in [0.2, 0.25) is 5.02 Å². The number of aromatic nitrogens is 1. The Bertz CT molecular complexity index is 601. The monoisotopic (exact) mass is 304 g/mol. The smallest absolute Gasteiger partial charge is 0.137 e. The molecule has 3 nitrogen and oxygen atoms in total. The molecule has 0 saturated heterocycles. The highest BCUT2D eigenvalue weighted by atomic mass is 35.5. The second-order valence-electron chi connectivity index (χ2n) is 5.01. The van der Waals surface area contributed by atoms with Gasteiger partial charge in [0.25, 0.3) is 0 Å². The van der Waals surface area contributed by atoms with E-state index in [9.17, 15) is 0 Å². The molecule has 0 aliphatic heterocycles. The molecule has 1 aromatic heterocycles. The number of halogens is 1. The number of nitrogens with zero attached hydrogens (tertiary/aromatic N) is 1. The standard InChI is InChI=1S/C17H21ClN2O/c1-4-8-20-17(14-11-19-9-7-12(14)2)13-5-6-15(18)16(10-13)21-3/h5-7,9-11,17,20H,4,8H2,1-3H3. The van der Waals surface area contributed by atoms with Crippen LogP contribution in [0.15, 0.2) is 36.7 Å². The Morgan fingerprint density at radius 1 is 1.33 bits per heavy atom. The molecule has 0 spiro atoms. The first kappa shape index (κ1) is 15.8. The summed E-state index contributed by atoms with van der Waals surface area (Å²) >= 11 is 6.12. The van der Waals surface area contributed by atoms with E-state index >= 15 is 0 Å². The third kappa shape index (κ3) is 3.74. The highest BCUT2D eigenvalue weighted by molar-refractivity contribution is 6.32. The Morgan fingerprint density at radius 3 is 2.81 bits per heavy atom. The van der Waals surface area contributed by atoms with Gasteiger partial charge in [0.1, 0.15) is 5.75 Å². The van der Waals surface area contributed by atoms with Gasteiger partial charge in [0.15, 0.2) is 0 Å². The van der Waals surface area contributed by atoms with Gasteiger partial charge in [0.05, 0.1) is 18.2 Å². The molecule has 0 radical (unpaired) electrons. The van der Waals surface area contributed by atoms with Crippen molar-refractivity contribution < 1.29 is 4.74 Å². The summed E-state index contributed by atoms with van der Waals surface area (Å²) in [5.74, 6) is 0.694. The lowest BCUT2D eigenvalue weighted by atomic mass is 9.96. The largest absolute Gasteiger partial charge is 0.495 e. The van der Waals surface area contributed by atoms with E-state index in [0.29, 0.717) is 10.8 Å². The zero-order valence-electron chi connectivity index (χ0n) is 12.7. The number of benzene rings is 1. The molecule has 1 heterocycles. The van der Waals surface area contributed by atoms with Crippen molar-refractivity contribution in [3.8, 4) is 5.75 Å². The lowest BCUT2D eigenvalue weighted by Gasteiger charge is -2.21. The number of nitrogens with one attached hydrogen (secondary N) is 1. The van der Waals surface area contributed by atoms with E-state index in [-0.39, 0.29) is 6.04 Å². The number of pyridine rings is 1. The van der Waals surface area contributed by atoms with Gasteiger partial charge in [-0.25, -0.2) is 0 Å². The van der Waals surface area contributed by atoms with Crippen molar-refractivity contribution in [1.29, 1.82) is 0 Å². The van der Waals surface area contributed by atoms with Crippen LogP contribution >= 0.6 is 11.6 Å². The third-order valence-electron chi connectivity index (χ3n) is 3.50. The van der Waals surface area contributed by atoms with E-state index in [1.807, 2.05) is 36.7 Å². The van der Waals surface area contributed by atoms with E-state index in [4.69, 9.17) is 16.3 Å². The van der Waals surface area contributed by atoms with Crippen molar-refractivity contribution in [2.75, 3.05) is 13.7 Å². The number of ether oxygens (including phenoxy) is 1. The topological polar surface area (TPSA) is 34.1 Å². The fourth-order valence-electron chi connectivity index (χ4n) is 2.33. The van der Waals surface area contributed by atoms with Gasteiger partial charge in [0, 0.05) is 12.4 Å². The molecule has 0 aliphatic carbocycles. The Morgan fingerprint density at radius 2 is 2.14 bits per heavy atom. The lowest BCUT2D eigenvalue weighted by molar-refractivity contribution is 0.414. The van der Waals surface area contributed by atoms with E-state index in [2.05, 4.69) is 24.1 Å². The van der Waals surface area contributed by atoms with Crippen LogP contribution in [0, 0.1) is 6.92 Å². The number of rotatable bonds is 6. The Kier molecular flexibility index (Phi) is 5.59. The summed E-state index contributed by atoms with van der Waals surface area (Å²) in [6, 6.07) is 8.02. The summed E-state index contributed by atoms with van der Waals surface area (Å²) in [5.41, 5.74) is 3.52. The fraction of sp³-hybridized carbons (Fsp3) is 0.353. The molecule has 2 aromatic rings. The first-order valence-electron chi connectivity index (χ1n) is 7.14. The predicted molar refractivity (Wildman–Crippen MR) is 87.1 cm³/mol. The Hall–Kier alpha value is -1.58. The van der Waals surface area contributed by atoms with Crippen LogP contribution in [0.3, 0.4) is 0 Å².